The molecule has 1 saturated heterocycles. The maximum Gasteiger partial charge on any atom is 0.255 e. The second kappa shape index (κ2) is 10.2. The highest BCUT2D eigenvalue weighted by molar-refractivity contribution is 6.31. The average molecular weight is 485 g/mol. The first-order chi connectivity index (χ1) is 16.2. The number of amides is 1. The summed E-state index contributed by atoms with van der Waals surface area (Å²) in [6, 6.07) is 12.7. The Bertz CT molecular complexity index is 1190. The molecule has 0 aliphatic carbocycles. The third-order valence-electron chi connectivity index (χ3n) is 6.11. The van der Waals surface area contributed by atoms with E-state index in [2.05, 4.69) is 10.4 Å². The van der Waals surface area contributed by atoms with Crippen molar-refractivity contribution in [3.8, 4) is 0 Å². The number of rotatable bonds is 6. The van der Waals surface area contributed by atoms with Crippen LogP contribution in [0.4, 0.5) is 10.1 Å². The lowest BCUT2D eigenvalue weighted by molar-refractivity contribution is -0.00539. The van der Waals surface area contributed by atoms with Crippen LogP contribution in [-0.2, 0) is 17.8 Å². The molecule has 1 aromatic heterocycles. The van der Waals surface area contributed by atoms with Crippen molar-refractivity contribution in [1.82, 2.24) is 15.1 Å². The van der Waals surface area contributed by atoms with Crippen LogP contribution in [0.15, 0.2) is 42.5 Å². The molecule has 34 heavy (non-hydrogen) atoms. The molecule has 0 radical (unpaired) electrons. The van der Waals surface area contributed by atoms with Gasteiger partial charge in [0, 0.05) is 30.4 Å². The average Bonchev–Trinajstić information content (AvgIpc) is 3.06. The van der Waals surface area contributed by atoms with Crippen LogP contribution in [0, 0.1) is 19.7 Å². The molecular formula is C26H30ClFN4O2. The number of halogens is 2. The van der Waals surface area contributed by atoms with E-state index >= 15 is 0 Å². The normalized spacial score (nSPS) is 18.2. The van der Waals surface area contributed by atoms with Gasteiger partial charge >= 0.3 is 0 Å². The molecule has 2 unspecified atom stereocenters. The van der Waals surface area contributed by atoms with Gasteiger partial charge in [0.2, 0.25) is 0 Å². The summed E-state index contributed by atoms with van der Waals surface area (Å²) < 4.78 is 22.4. The van der Waals surface area contributed by atoms with Gasteiger partial charge in [-0.15, -0.1) is 0 Å². The number of aryl methyl sites for hydroxylation is 1. The van der Waals surface area contributed by atoms with Crippen molar-refractivity contribution < 1.29 is 13.9 Å². The fourth-order valence-electron chi connectivity index (χ4n) is 4.53. The van der Waals surface area contributed by atoms with Gasteiger partial charge in [-0.2, -0.15) is 5.10 Å². The van der Waals surface area contributed by atoms with Crippen molar-refractivity contribution in [3.63, 3.8) is 0 Å². The molecule has 2 aromatic carbocycles. The number of hydrogen-bond acceptors (Lipinski definition) is 4. The first-order valence-electron chi connectivity index (χ1n) is 11.5. The fraction of sp³-hybridized carbons (Fsp3) is 0.385. The van der Waals surface area contributed by atoms with Gasteiger partial charge in [0.1, 0.15) is 5.82 Å². The molecule has 8 heteroatoms. The molecule has 1 fully saturated rings. The number of nitrogens with one attached hydrogen (secondary N) is 1. The Morgan fingerprint density at radius 3 is 2.56 bits per heavy atom. The largest absolute Gasteiger partial charge is 0.372 e. The first-order valence-corrected chi connectivity index (χ1v) is 11.8. The summed E-state index contributed by atoms with van der Waals surface area (Å²) in [4.78, 5) is 15.0. The summed E-state index contributed by atoms with van der Waals surface area (Å²) in [5, 5.41) is 8.10. The predicted octanol–water partition coefficient (Wildman–Crippen LogP) is 4.88. The molecule has 0 saturated carbocycles. The summed E-state index contributed by atoms with van der Waals surface area (Å²) in [5.74, 6) is -0.534. The van der Waals surface area contributed by atoms with E-state index in [0.717, 1.165) is 11.3 Å². The molecule has 2 atom stereocenters. The lowest BCUT2D eigenvalue weighted by Crippen LogP contribution is -2.45. The molecule has 1 aliphatic heterocycles. The molecule has 1 amide bonds. The van der Waals surface area contributed by atoms with Crippen LogP contribution in [0.1, 0.15) is 46.7 Å². The van der Waals surface area contributed by atoms with Gasteiger partial charge in [-0.3, -0.25) is 9.48 Å². The van der Waals surface area contributed by atoms with Crippen LogP contribution >= 0.6 is 11.6 Å². The van der Waals surface area contributed by atoms with Crippen molar-refractivity contribution in [2.45, 2.75) is 53.0 Å². The van der Waals surface area contributed by atoms with E-state index in [9.17, 15) is 9.18 Å². The molecule has 4 rings (SSSR count). The monoisotopic (exact) mass is 484 g/mol. The Morgan fingerprint density at radius 1 is 1.18 bits per heavy atom. The highest BCUT2D eigenvalue weighted by atomic mass is 35.5. The molecule has 6 nitrogen and oxygen atoms in total. The second-order valence-electron chi connectivity index (χ2n) is 8.93. The quantitative estimate of drug-likeness (QED) is 0.541. The van der Waals surface area contributed by atoms with E-state index in [1.54, 1.807) is 10.7 Å². The van der Waals surface area contributed by atoms with Crippen LogP contribution in [0.5, 0.6) is 0 Å². The first kappa shape index (κ1) is 24.2. The Morgan fingerprint density at radius 2 is 1.88 bits per heavy atom. The van der Waals surface area contributed by atoms with Gasteiger partial charge in [0.15, 0.2) is 0 Å². The standard InChI is InChI=1S/C26H30ClFN4O2/c1-16-13-31(14-17(2)34-16)24-10-9-20(11-23(24)28)12-29-26(33)25-18(3)30-32(19(25)4)15-21-7-5-6-8-22(21)27/h5-11,16-17H,12-15H2,1-4H3,(H,29,33). The van der Waals surface area contributed by atoms with Gasteiger partial charge in [0.05, 0.1) is 35.7 Å². The molecule has 180 valence electrons. The van der Waals surface area contributed by atoms with Crippen LogP contribution < -0.4 is 10.2 Å². The Balaban J connectivity index is 1.43. The molecule has 3 aromatic rings. The maximum atomic E-state index is 14.9. The minimum absolute atomic E-state index is 0.0485. The van der Waals surface area contributed by atoms with E-state index in [4.69, 9.17) is 16.3 Å². The molecular weight excluding hydrogens is 455 g/mol. The van der Waals surface area contributed by atoms with Gasteiger partial charge < -0.3 is 15.0 Å². The number of carbonyl (C=O) groups is 1. The van der Waals surface area contributed by atoms with Crippen molar-refractivity contribution in [1.29, 1.82) is 0 Å². The summed E-state index contributed by atoms with van der Waals surface area (Å²) in [6.45, 7) is 9.65. The van der Waals surface area contributed by atoms with Crippen LogP contribution in [0.2, 0.25) is 5.02 Å². The number of ether oxygens (including phenoxy) is 1. The lowest BCUT2D eigenvalue weighted by atomic mass is 10.1. The van der Waals surface area contributed by atoms with Crippen LogP contribution in [0.3, 0.4) is 0 Å². The third kappa shape index (κ3) is 5.26. The zero-order valence-electron chi connectivity index (χ0n) is 19.9. The third-order valence-corrected chi connectivity index (χ3v) is 6.48. The highest BCUT2D eigenvalue weighted by Gasteiger charge is 2.24. The highest BCUT2D eigenvalue weighted by Crippen LogP contribution is 2.25. The molecule has 1 N–H and O–H groups in total. The fourth-order valence-corrected chi connectivity index (χ4v) is 4.73. The van der Waals surface area contributed by atoms with Crippen molar-refractivity contribution in [2.75, 3.05) is 18.0 Å². The molecule has 0 bridgehead atoms. The summed E-state index contributed by atoms with van der Waals surface area (Å²) in [7, 11) is 0. The molecule has 1 aliphatic rings. The lowest BCUT2D eigenvalue weighted by Gasteiger charge is -2.37. The second-order valence-corrected chi connectivity index (χ2v) is 9.33. The number of benzene rings is 2. The van der Waals surface area contributed by atoms with Crippen molar-refractivity contribution in [3.05, 3.63) is 81.4 Å². The van der Waals surface area contributed by atoms with Crippen LogP contribution in [-0.4, -0.2) is 41.0 Å². The Hall–Kier alpha value is -2.90. The minimum atomic E-state index is -0.298. The zero-order valence-corrected chi connectivity index (χ0v) is 20.7. The Kier molecular flexibility index (Phi) is 7.24. The number of carbonyl (C=O) groups excluding carboxylic acids is 1. The number of anilines is 1. The van der Waals surface area contributed by atoms with Gasteiger partial charge in [-0.1, -0.05) is 35.9 Å². The van der Waals surface area contributed by atoms with E-state index < -0.39 is 0 Å². The smallest absolute Gasteiger partial charge is 0.255 e. The molecule has 0 spiro atoms. The number of aromatic nitrogens is 2. The van der Waals surface area contributed by atoms with E-state index in [1.165, 1.54) is 6.07 Å². The number of morpholine rings is 1. The summed E-state index contributed by atoms with van der Waals surface area (Å²) in [5.41, 5.74) is 4.11. The topological polar surface area (TPSA) is 59.4 Å². The van der Waals surface area contributed by atoms with Gasteiger partial charge in [-0.25, -0.2) is 4.39 Å². The summed E-state index contributed by atoms with van der Waals surface area (Å²) in [6.07, 6.45) is 0.0971. The van der Waals surface area contributed by atoms with E-state index in [0.29, 0.717) is 47.2 Å². The van der Waals surface area contributed by atoms with Gasteiger partial charge in [-0.05, 0) is 57.0 Å². The van der Waals surface area contributed by atoms with E-state index in [-0.39, 0.29) is 30.5 Å². The van der Waals surface area contributed by atoms with Crippen molar-refractivity contribution in [2.24, 2.45) is 0 Å². The number of nitrogens with zero attached hydrogens (tertiary/aromatic N) is 3. The maximum absolute atomic E-state index is 14.9. The predicted molar refractivity (Wildman–Crippen MR) is 132 cm³/mol. The summed E-state index contributed by atoms with van der Waals surface area (Å²) >= 11 is 6.28. The minimum Gasteiger partial charge on any atom is -0.372 e. The van der Waals surface area contributed by atoms with Gasteiger partial charge in [0.25, 0.3) is 5.91 Å². The van der Waals surface area contributed by atoms with Crippen LogP contribution in [0.25, 0.3) is 0 Å². The van der Waals surface area contributed by atoms with Crippen molar-refractivity contribution >= 4 is 23.2 Å². The zero-order chi connectivity index (χ0) is 24.4. The Labute approximate surface area is 204 Å². The SMILES string of the molecule is Cc1nn(Cc2ccccc2Cl)c(C)c1C(=O)NCc1ccc(N2CC(C)OC(C)C2)c(F)c1. The number of hydrogen-bond donors (Lipinski definition) is 1. The molecule has 2 heterocycles. The van der Waals surface area contributed by atoms with E-state index in [1.807, 2.05) is 62.9 Å².